The Morgan fingerprint density at radius 1 is 0.312 bits per heavy atom. The van der Waals surface area contributed by atoms with Crippen LogP contribution in [0.25, 0.3) is 0 Å². The number of hydrogen-bond donors (Lipinski definition) is 0. The van der Waals surface area contributed by atoms with Crippen LogP contribution in [0.4, 0.5) is 0 Å². The third-order valence-electron chi connectivity index (χ3n) is 11.2. The second-order valence-electron chi connectivity index (χ2n) is 17.5. The Balaban J connectivity index is 4.49. The molecule has 0 saturated carbocycles. The van der Waals surface area contributed by atoms with Crippen LogP contribution >= 0.6 is 0 Å². The monoisotopic (exact) mass is 891 g/mol. The molecule has 0 aromatic heterocycles. The van der Waals surface area contributed by atoms with Crippen molar-refractivity contribution < 1.29 is 28.6 Å². The second kappa shape index (κ2) is 52.2. The molecule has 0 aliphatic carbocycles. The van der Waals surface area contributed by atoms with Crippen molar-refractivity contribution in [2.75, 3.05) is 13.2 Å². The lowest BCUT2D eigenvalue weighted by atomic mass is 10.1. The first kappa shape index (κ1) is 60.6. The van der Waals surface area contributed by atoms with Crippen molar-refractivity contribution in [1.29, 1.82) is 0 Å². The van der Waals surface area contributed by atoms with Gasteiger partial charge in [-0.15, -0.1) is 0 Å². The first-order valence-electron chi connectivity index (χ1n) is 26.7. The van der Waals surface area contributed by atoms with Crippen LogP contribution < -0.4 is 0 Å². The van der Waals surface area contributed by atoms with Gasteiger partial charge in [-0.1, -0.05) is 215 Å². The van der Waals surface area contributed by atoms with Gasteiger partial charge in [0.2, 0.25) is 0 Å². The minimum Gasteiger partial charge on any atom is -0.462 e. The van der Waals surface area contributed by atoms with E-state index in [1.807, 2.05) is 0 Å². The first-order chi connectivity index (χ1) is 31.5. The molecule has 0 N–H and O–H groups in total. The zero-order valence-corrected chi connectivity index (χ0v) is 41.8. The SMILES string of the molecule is CCCCC\C=C/C=C\C=C/C=C\CCCCCCCC(=O)OCC(COC(=O)CCCCCCC/C=C\CCCCC)OC(=O)CCCCC/C=C\C=C/CCCCCCCCC. The molecule has 1 unspecified atom stereocenters. The van der Waals surface area contributed by atoms with Crippen LogP contribution in [0, 0.1) is 0 Å². The summed E-state index contributed by atoms with van der Waals surface area (Å²) in [6.07, 6.45) is 67.0. The molecular formula is C58H98O6. The zero-order chi connectivity index (χ0) is 46.5. The molecule has 0 rings (SSSR count). The van der Waals surface area contributed by atoms with Crippen LogP contribution in [0.3, 0.4) is 0 Å². The van der Waals surface area contributed by atoms with Gasteiger partial charge in [-0.3, -0.25) is 14.4 Å². The zero-order valence-electron chi connectivity index (χ0n) is 41.8. The number of rotatable bonds is 47. The molecule has 0 aliphatic heterocycles. The van der Waals surface area contributed by atoms with Crippen LogP contribution in [0.1, 0.15) is 245 Å². The van der Waals surface area contributed by atoms with E-state index in [1.54, 1.807) is 0 Å². The summed E-state index contributed by atoms with van der Waals surface area (Å²) in [5.74, 6) is -0.958. The van der Waals surface area contributed by atoms with E-state index in [1.165, 1.54) is 96.3 Å². The molecule has 6 nitrogen and oxygen atoms in total. The number of esters is 3. The van der Waals surface area contributed by atoms with Gasteiger partial charge in [-0.05, 0) is 96.3 Å². The number of carbonyl (C=O) groups is 3. The summed E-state index contributed by atoms with van der Waals surface area (Å²) in [6, 6.07) is 0. The summed E-state index contributed by atoms with van der Waals surface area (Å²) < 4.78 is 16.8. The minimum atomic E-state index is -0.803. The van der Waals surface area contributed by atoms with Gasteiger partial charge < -0.3 is 14.2 Å². The van der Waals surface area contributed by atoms with Crippen molar-refractivity contribution in [3.63, 3.8) is 0 Å². The Kier molecular flexibility index (Phi) is 49.4. The number of ether oxygens (including phenoxy) is 3. The second-order valence-corrected chi connectivity index (χ2v) is 17.5. The maximum atomic E-state index is 12.8. The summed E-state index contributed by atoms with van der Waals surface area (Å²) in [7, 11) is 0. The summed E-state index contributed by atoms with van der Waals surface area (Å²) in [5.41, 5.74) is 0. The van der Waals surface area contributed by atoms with Gasteiger partial charge >= 0.3 is 17.9 Å². The molecule has 64 heavy (non-hydrogen) atoms. The van der Waals surface area contributed by atoms with Crippen molar-refractivity contribution in [1.82, 2.24) is 0 Å². The Labute approximate surface area is 395 Å². The predicted octanol–water partition coefficient (Wildman–Crippen LogP) is 17.6. The molecule has 0 spiro atoms. The largest absolute Gasteiger partial charge is 0.462 e. The van der Waals surface area contributed by atoms with Crippen molar-refractivity contribution in [2.24, 2.45) is 0 Å². The maximum absolute atomic E-state index is 12.8. The summed E-state index contributed by atoms with van der Waals surface area (Å²) in [5, 5.41) is 0. The lowest BCUT2D eigenvalue weighted by molar-refractivity contribution is -0.167. The Morgan fingerprint density at radius 2 is 0.578 bits per heavy atom. The standard InChI is InChI=1S/C58H98O6/c1-4-7-10-13-16-19-22-25-27-29-30-32-33-36-39-42-45-48-51-57(60)63-54-55(53-62-56(59)50-47-44-41-38-35-24-21-18-15-12-9-6-3)64-58(61)52-49-46-43-40-37-34-31-28-26-23-20-17-14-11-8-5-2/h16,18-19,21-22,25,27-32,34,37,55H,4-15,17,20,23-24,26,33,35-36,38-54H2,1-3H3/b19-16-,21-18-,25-22-,29-27-,31-28-,32-30-,37-34-. The fraction of sp³-hybridized carbons (Fsp3) is 0.707. The lowest BCUT2D eigenvalue weighted by Crippen LogP contribution is -2.30. The predicted molar refractivity (Wildman–Crippen MR) is 274 cm³/mol. The van der Waals surface area contributed by atoms with Crippen LogP contribution in [-0.4, -0.2) is 37.2 Å². The third kappa shape index (κ3) is 49.6. The van der Waals surface area contributed by atoms with Gasteiger partial charge in [0.05, 0.1) is 0 Å². The summed E-state index contributed by atoms with van der Waals surface area (Å²) >= 11 is 0. The quantitative estimate of drug-likeness (QED) is 0.0199. The number of hydrogen-bond acceptors (Lipinski definition) is 6. The Bertz CT molecular complexity index is 1250. The van der Waals surface area contributed by atoms with E-state index in [9.17, 15) is 14.4 Å². The van der Waals surface area contributed by atoms with E-state index >= 15 is 0 Å². The Morgan fingerprint density at radius 3 is 0.984 bits per heavy atom. The van der Waals surface area contributed by atoms with Crippen molar-refractivity contribution in [2.45, 2.75) is 252 Å². The highest BCUT2D eigenvalue weighted by molar-refractivity contribution is 5.71. The highest BCUT2D eigenvalue weighted by atomic mass is 16.6. The van der Waals surface area contributed by atoms with Crippen LogP contribution in [0.5, 0.6) is 0 Å². The van der Waals surface area contributed by atoms with E-state index < -0.39 is 6.10 Å². The molecule has 0 radical (unpaired) electrons. The van der Waals surface area contributed by atoms with Gasteiger partial charge in [0.25, 0.3) is 0 Å². The van der Waals surface area contributed by atoms with Gasteiger partial charge in [0.1, 0.15) is 13.2 Å². The molecule has 0 amide bonds. The van der Waals surface area contributed by atoms with Crippen molar-refractivity contribution >= 4 is 17.9 Å². The van der Waals surface area contributed by atoms with Gasteiger partial charge in [-0.2, -0.15) is 0 Å². The van der Waals surface area contributed by atoms with Crippen LogP contribution in [-0.2, 0) is 28.6 Å². The molecule has 0 saturated heterocycles. The van der Waals surface area contributed by atoms with Crippen molar-refractivity contribution in [3.8, 4) is 0 Å². The van der Waals surface area contributed by atoms with E-state index in [-0.39, 0.29) is 37.5 Å². The maximum Gasteiger partial charge on any atom is 0.306 e. The fourth-order valence-electron chi connectivity index (χ4n) is 7.14. The van der Waals surface area contributed by atoms with E-state index in [2.05, 4.69) is 106 Å². The molecule has 0 aromatic rings. The van der Waals surface area contributed by atoms with Gasteiger partial charge in [0, 0.05) is 19.3 Å². The van der Waals surface area contributed by atoms with Crippen LogP contribution in [0.2, 0.25) is 0 Å². The first-order valence-corrected chi connectivity index (χ1v) is 26.7. The smallest absolute Gasteiger partial charge is 0.306 e. The molecule has 0 aromatic carbocycles. The molecule has 0 aliphatic rings. The summed E-state index contributed by atoms with van der Waals surface area (Å²) in [4.78, 5) is 38.0. The molecule has 6 heteroatoms. The molecule has 1 atom stereocenters. The average molecular weight is 891 g/mol. The number of allylic oxidation sites excluding steroid dienone is 14. The molecule has 0 bridgehead atoms. The van der Waals surface area contributed by atoms with E-state index in [0.717, 1.165) is 109 Å². The fourth-order valence-corrected chi connectivity index (χ4v) is 7.14. The average Bonchev–Trinajstić information content (AvgIpc) is 3.29. The molecule has 0 fully saturated rings. The van der Waals surface area contributed by atoms with E-state index in [4.69, 9.17) is 14.2 Å². The van der Waals surface area contributed by atoms with Crippen molar-refractivity contribution in [3.05, 3.63) is 85.1 Å². The highest BCUT2D eigenvalue weighted by Crippen LogP contribution is 2.13. The minimum absolute atomic E-state index is 0.100. The highest BCUT2D eigenvalue weighted by Gasteiger charge is 2.19. The summed E-state index contributed by atoms with van der Waals surface area (Å²) in [6.45, 7) is 6.52. The third-order valence-corrected chi connectivity index (χ3v) is 11.2. The molecule has 0 heterocycles. The molecule has 366 valence electrons. The van der Waals surface area contributed by atoms with E-state index in [0.29, 0.717) is 12.8 Å². The molecular weight excluding hydrogens is 793 g/mol. The topological polar surface area (TPSA) is 78.9 Å². The lowest BCUT2D eigenvalue weighted by Gasteiger charge is -2.18. The van der Waals surface area contributed by atoms with Gasteiger partial charge in [0.15, 0.2) is 6.10 Å². The number of unbranched alkanes of at least 4 members (excludes halogenated alkanes) is 26. The van der Waals surface area contributed by atoms with Gasteiger partial charge in [-0.25, -0.2) is 0 Å². The van der Waals surface area contributed by atoms with Crippen LogP contribution in [0.15, 0.2) is 85.1 Å². The Hall–Kier alpha value is -3.41. The number of carbonyl (C=O) groups excluding carboxylic acids is 3. The normalized spacial score (nSPS) is 12.7.